The molecule has 1 aliphatic heterocycles. The minimum Gasteiger partial charge on any atom is -0.359 e. The van der Waals surface area contributed by atoms with E-state index in [-0.39, 0.29) is 12.1 Å². The number of hydrogen-bond donors (Lipinski definition) is 1. The molecule has 0 saturated heterocycles. The molecule has 0 bridgehead atoms. The fourth-order valence-electron chi connectivity index (χ4n) is 2.73. The average molecular weight is 322 g/mol. The quantitative estimate of drug-likeness (QED) is 0.804. The number of hydrogen-bond acceptors (Lipinski definition) is 5. The van der Waals surface area contributed by atoms with Crippen molar-refractivity contribution in [1.82, 2.24) is 14.9 Å². The Morgan fingerprint density at radius 2 is 2.13 bits per heavy atom. The van der Waals surface area contributed by atoms with Crippen LogP contribution in [0.3, 0.4) is 0 Å². The lowest BCUT2D eigenvalue weighted by molar-refractivity contribution is 0.0663. The molecule has 3 aromatic rings. The van der Waals surface area contributed by atoms with E-state index in [1.807, 2.05) is 41.8 Å². The van der Waals surface area contributed by atoms with E-state index in [4.69, 9.17) is 0 Å². The van der Waals surface area contributed by atoms with Gasteiger partial charge in [0.05, 0.1) is 16.8 Å². The van der Waals surface area contributed by atoms with Gasteiger partial charge in [0, 0.05) is 30.0 Å². The highest BCUT2D eigenvalue weighted by Crippen LogP contribution is 2.33. The normalized spacial score (nSPS) is 16.8. The first-order valence-electron chi connectivity index (χ1n) is 7.26. The molecule has 0 radical (unpaired) electrons. The van der Waals surface area contributed by atoms with Crippen molar-refractivity contribution in [2.45, 2.75) is 12.7 Å². The molecule has 1 aliphatic rings. The van der Waals surface area contributed by atoms with Gasteiger partial charge in [0.2, 0.25) is 0 Å². The number of aromatic nitrogens is 2. The van der Waals surface area contributed by atoms with Crippen LogP contribution in [0.5, 0.6) is 0 Å². The number of thiazole rings is 1. The summed E-state index contributed by atoms with van der Waals surface area (Å²) in [5.74, 6) is 0.00111. The maximum Gasteiger partial charge on any atom is 0.258 e. The average Bonchev–Trinajstić information content (AvgIpc) is 3.13. The number of nitrogens with one attached hydrogen (secondary N) is 1. The van der Waals surface area contributed by atoms with E-state index in [0.29, 0.717) is 12.1 Å². The van der Waals surface area contributed by atoms with Crippen molar-refractivity contribution < 1.29 is 4.79 Å². The van der Waals surface area contributed by atoms with Gasteiger partial charge in [-0.1, -0.05) is 18.2 Å². The Kier molecular flexibility index (Phi) is 3.51. The Morgan fingerprint density at radius 1 is 1.22 bits per heavy atom. The monoisotopic (exact) mass is 322 g/mol. The van der Waals surface area contributed by atoms with Gasteiger partial charge < -0.3 is 10.2 Å². The van der Waals surface area contributed by atoms with Crippen LogP contribution in [0.4, 0.5) is 5.69 Å². The number of carbonyl (C=O) groups excluding carboxylic acids is 1. The van der Waals surface area contributed by atoms with Crippen molar-refractivity contribution in [1.29, 1.82) is 0 Å². The molecule has 23 heavy (non-hydrogen) atoms. The first kappa shape index (κ1) is 13.9. The van der Waals surface area contributed by atoms with Crippen molar-refractivity contribution >= 4 is 22.9 Å². The summed E-state index contributed by atoms with van der Waals surface area (Å²) in [5.41, 5.74) is 5.15. The summed E-state index contributed by atoms with van der Waals surface area (Å²) >= 11 is 1.52. The van der Waals surface area contributed by atoms with Gasteiger partial charge >= 0.3 is 0 Å². The highest BCUT2D eigenvalue weighted by molar-refractivity contribution is 7.07. The zero-order chi connectivity index (χ0) is 15.6. The molecule has 1 N–H and O–H groups in total. The molecule has 4 rings (SSSR count). The molecule has 2 aromatic heterocycles. The van der Waals surface area contributed by atoms with Gasteiger partial charge in [-0.25, -0.2) is 4.98 Å². The molecule has 0 fully saturated rings. The number of anilines is 1. The van der Waals surface area contributed by atoms with Gasteiger partial charge in [-0.05, 0) is 23.8 Å². The van der Waals surface area contributed by atoms with E-state index in [0.717, 1.165) is 16.9 Å². The lowest BCUT2D eigenvalue weighted by Gasteiger charge is -2.37. The maximum atomic E-state index is 13.0. The first-order chi connectivity index (χ1) is 11.3. The van der Waals surface area contributed by atoms with E-state index >= 15 is 0 Å². The largest absolute Gasteiger partial charge is 0.359 e. The van der Waals surface area contributed by atoms with Gasteiger partial charge in [0.25, 0.3) is 5.91 Å². The smallest absolute Gasteiger partial charge is 0.258 e. The van der Waals surface area contributed by atoms with Crippen molar-refractivity contribution in [2.24, 2.45) is 0 Å². The van der Waals surface area contributed by atoms with Gasteiger partial charge in [-0.3, -0.25) is 9.78 Å². The summed E-state index contributed by atoms with van der Waals surface area (Å²) in [6.07, 6.45) is 3.24. The summed E-state index contributed by atoms with van der Waals surface area (Å²) < 4.78 is 0. The van der Waals surface area contributed by atoms with Gasteiger partial charge in [-0.15, -0.1) is 11.3 Å². The van der Waals surface area contributed by atoms with Crippen LogP contribution in [-0.2, 0) is 6.54 Å². The molecule has 1 amide bonds. The van der Waals surface area contributed by atoms with E-state index in [2.05, 4.69) is 15.3 Å². The Bertz CT molecular complexity index is 820. The predicted octanol–water partition coefficient (Wildman–Crippen LogP) is 3.30. The zero-order valence-corrected chi connectivity index (χ0v) is 13.0. The third-order valence-corrected chi connectivity index (χ3v) is 4.43. The Labute approximate surface area is 137 Å². The Hall–Kier alpha value is -2.73. The topological polar surface area (TPSA) is 58.1 Å². The Morgan fingerprint density at radius 3 is 2.91 bits per heavy atom. The third-order valence-electron chi connectivity index (χ3n) is 3.83. The van der Waals surface area contributed by atoms with Crippen molar-refractivity contribution in [3.63, 3.8) is 0 Å². The number of rotatable bonds is 3. The highest BCUT2D eigenvalue weighted by atomic mass is 32.1. The molecule has 6 heteroatoms. The van der Waals surface area contributed by atoms with Crippen LogP contribution >= 0.6 is 11.3 Å². The van der Waals surface area contributed by atoms with E-state index < -0.39 is 0 Å². The van der Waals surface area contributed by atoms with Crippen LogP contribution in [0.2, 0.25) is 0 Å². The molecular formula is C17H14N4OS. The summed E-state index contributed by atoms with van der Waals surface area (Å²) in [5, 5.41) is 5.40. The molecule has 0 saturated carbocycles. The summed E-state index contributed by atoms with van der Waals surface area (Å²) in [6.45, 7) is 0.482. The van der Waals surface area contributed by atoms with Crippen molar-refractivity contribution in [3.8, 4) is 0 Å². The second-order valence-corrected chi connectivity index (χ2v) is 6.02. The molecular weight excluding hydrogens is 308 g/mol. The molecule has 3 heterocycles. The predicted molar refractivity (Wildman–Crippen MR) is 89.0 cm³/mol. The standard InChI is InChI=1S/C17H14N4OS/c22-17-13-5-1-2-6-14(13)20-16(15-10-23-11-19-15)21(17)9-12-4-3-7-18-8-12/h1-8,10-11,16,20H,9H2/t16-/m0/s1. The number of carbonyl (C=O) groups is 1. The van der Waals surface area contributed by atoms with E-state index in [1.165, 1.54) is 11.3 Å². The minimum atomic E-state index is -0.274. The zero-order valence-electron chi connectivity index (χ0n) is 12.2. The van der Waals surface area contributed by atoms with Crippen molar-refractivity contribution in [3.05, 3.63) is 76.5 Å². The third kappa shape index (κ3) is 2.57. The summed E-state index contributed by atoms with van der Waals surface area (Å²) in [6, 6.07) is 11.4. The maximum absolute atomic E-state index is 13.0. The molecule has 0 aliphatic carbocycles. The molecule has 0 unspecified atom stereocenters. The van der Waals surface area contributed by atoms with Crippen LogP contribution in [-0.4, -0.2) is 20.8 Å². The first-order valence-corrected chi connectivity index (χ1v) is 8.21. The van der Waals surface area contributed by atoms with Gasteiger partial charge in [0.15, 0.2) is 0 Å². The lowest BCUT2D eigenvalue weighted by Crippen LogP contribution is -2.42. The number of pyridine rings is 1. The van der Waals surface area contributed by atoms with Crippen LogP contribution < -0.4 is 5.32 Å². The van der Waals surface area contributed by atoms with E-state index in [9.17, 15) is 4.79 Å². The molecule has 0 spiro atoms. The molecule has 114 valence electrons. The van der Waals surface area contributed by atoms with Crippen LogP contribution in [0, 0.1) is 0 Å². The molecule has 5 nitrogen and oxygen atoms in total. The SMILES string of the molecule is O=C1c2ccccc2N[C@H](c2cscn2)N1Cc1cccnc1. The van der Waals surface area contributed by atoms with Crippen LogP contribution in [0.15, 0.2) is 59.7 Å². The van der Waals surface area contributed by atoms with Crippen LogP contribution in [0.25, 0.3) is 0 Å². The summed E-state index contributed by atoms with van der Waals surface area (Å²) in [4.78, 5) is 23.3. The fraction of sp³-hybridized carbons (Fsp3) is 0.118. The number of fused-ring (bicyclic) bond motifs is 1. The number of amides is 1. The second kappa shape index (κ2) is 5.81. The molecule has 1 atom stereocenters. The van der Waals surface area contributed by atoms with Gasteiger partial charge in [0.1, 0.15) is 6.17 Å². The van der Waals surface area contributed by atoms with E-state index in [1.54, 1.807) is 22.8 Å². The Balaban J connectivity index is 1.75. The highest BCUT2D eigenvalue weighted by Gasteiger charge is 2.33. The lowest BCUT2D eigenvalue weighted by atomic mass is 10.1. The molecule has 1 aromatic carbocycles. The van der Waals surface area contributed by atoms with Gasteiger partial charge in [-0.2, -0.15) is 0 Å². The minimum absolute atomic E-state index is 0.00111. The van der Waals surface area contributed by atoms with Crippen molar-refractivity contribution in [2.75, 3.05) is 5.32 Å². The summed E-state index contributed by atoms with van der Waals surface area (Å²) in [7, 11) is 0. The number of para-hydroxylation sites is 1. The second-order valence-electron chi connectivity index (χ2n) is 5.30. The van der Waals surface area contributed by atoms with Crippen LogP contribution in [0.1, 0.15) is 27.8 Å². The fourth-order valence-corrected chi connectivity index (χ4v) is 3.31. The number of nitrogens with zero attached hydrogens (tertiary/aromatic N) is 3. The number of benzene rings is 1.